The van der Waals surface area contributed by atoms with Crippen LogP contribution in [0, 0.1) is 11.8 Å². The Balaban J connectivity index is 2.22. The highest BCUT2D eigenvalue weighted by Gasteiger charge is 2.20. The molecule has 3 heteroatoms. The fourth-order valence-electron chi connectivity index (χ4n) is 3.84. The molecule has 27 heavy (non-hydrogen) atoms. The topological polar surface area (TPSA) is 3.24 Å². The molecule has 0 fully saturated rings. The van der Waals surface area contributed by atoms with Gasteiger partial charge in [0.15, 0.2) is 0 Å². The van der Waals surface area contributed by atoms with Gasteiger partial charge in [0.05, 0.1) is 9.70 Å². The quantitative estimate of drug-likeness (QED) is 0.303. The Morgan fingerprint density at radius 2 is 1.59 bits per heavy atom. The van der Waals surface area contributed by atoms with E-state index in [9.17, 15) is 0 Å². The molecule has 0 saturated heterocycles. The van der Waals surface area contributed by atoms with Gasteiger partial charge in [-0.25, -0.2) is 0 Å². The first kappa shape index (κ1) is 22.5. The molecule has 0 amide bonds. The summed E-state index contributed by atoms with van der Waals surface area (Å²) in [6.45, 7) is 15.8. The minimum Gasteiger partial charge on any atom is -0.363 e. The van der Waals surface area contributed by atoms with E-state index < -0.39 is 0 Å². The molecule has 0 spiro atoms. The van der Waals surface area contributed by atoms with Crippen LogP contribution in [0.1, 0.15) is 84.6 Å². The fraction of sp³-hybridized carbons (Fsp3) is 0.667. The predicted octanol–water partition coefficient (Wildman–Crippen LogP) is 8.85. The largest absolute Gasteiger partial charge is 0.363 e. The lowest BCUT2D eigenvalue weighted by atomic mass is 9.96. The Labute approximate surface area is 175 Å². The molecule has 1 nitrogen and oxygen atoms in total. The third-order valence-electron chi connectivity index (χ3n) is 5.84. The Hall–Kier alpha value is -0.800. The lowest BCUT2D eigenvalue weighted by molar-refractivity contribution is 0.404. The molecule has 0 N–H and O–H groups in total. The summed E-state index contributed by atoms with van der Waals surface area (Å²) in [5.41, 5.74) is 1.31. The first-order valence-corrected chi connectivity index (χ1v) is 12.7. The monoisotopic (exact) mass is 405 g/mol. The summed E-state index contributed by atoms with van der Waals surface area (Å²) in [7, 11) is 0. The van der Waals surface area contributed by atoms with Crippen molar-refractivity contribution in [1.82, 2.24) is 0 Å². The van der Waals surface area contributed by atoms with Gasteiger partial charge in [-0.2, -0.15) is 0 Å². The van der Waals surface area contributed by atoms with Crippen molar-refractivity contribution in [1.29, 1.82) is 0 Å². The highest BCUT2D eigenvalue weighted by atomic mass is 32.1. The van der Waals surface area contributed by atoms with Crippen LogP contribution in [0.25, 0.3) is 15.5 Å². The summed E-state index contributed by atoms with van der Waals surface area (Å²) < 4.78 is 2.86. The van der Waals surface area contributed by atoms with Crippen LogP contribution in [-0.4, -0.2) is 13.1 Å². The smallest absolute Gasteiger partial charge is 0.0929 e. The molecule has 0 aliphatic heterocycles. The number of hydrogen-bond donors (Lipinski definition) is 0. The van der Waals surface area contributed by atoms with Crippen molar-refractivity contribution in [3.05, 3.63) is 23.6 Å². The lowest BCUT2D eigenvalue weighted by Gasteiger charge is -2.31. The molecule has 2 rings (SSSR count). The molecule has 2 atom stereocenters. The Morgan fingerprint density at radius 1 is 1.00 bits per heavy atom. The van der Waals surface area contributed by atoms with Crippen LogP contribution in [0.4, 0.5) is 5.00 Å². The molecular weight excluding hydrogens is 366 g/mol. The maximum absolute atomic E-state index is 4.00. The summed E-state index contributed by atoms with van der Waals surface area (Å²) in [4.78, 5) is 2.73. The number of hydrogen-bond acceptors (Lipinski definition) is 3. The molecule has 0 bridgehead atoms. The van der Waals surface area contributed by atoms with Crippen molar-refractivity contribution in [2.45, 2.75) is 79.1 Å². The van der Waals surface area contributed by atoms with Gasteiger partial charge in [-0.15, -0.1) is 22.7 Å². The van der Waals surface area contributed by atoms with Crippen molar-refractivity contribution in [2.24, 2.45) is 11.8 Å². The van der Waals surface area contributed by atoms with E-state index in [2.05, 4.69) is 50.6 Å². The fourth-order valence-corrected chi connectivity index (χ4v) is 6.22. The van der Waals surface area contributed by atoms with Gasteiger partial charge in [-0.1, -0.05) is 78.9 Å². The van der Waals surface area contributed by atoms with E-state index in [0.717, 1.165) is 11.8 Å². The van der Waals surface area contributed by atoms with Crippen LogP contribution < -0.4 is 4.90 Å². The molecule has 152 valence electrons. The first-order chi connectivity index (χ1) is 13.2. The maximum atomic E-state index is 4.00. The number of unbranched alkanes of at least 4 members (excludes halogenated alkanes) is 2. The van der Waals surface area contributed by atoms with Crippen molar-refractivity contribution in [3.8, 4) is 0 Å². The molecule has 0 aromatic carbocycles. The Kier molecular flexibility index (Phi) is 9.92. The van der Waals surface area contributed by atoms with E-state index in [0.29, 0.717) is 0 Å². The second-order valence-corrected chi connectivity index (χ2v) is 9.85. The molecule has 0 aliphatic carbocycles. The molecule has 0 radical (unpaired) electrons. The second kappa shape index (κ2) is 11.9. The van der Waals surface area contributed by atoms with Crippen molar-refractivity contribution >= 4 is 43.2 Å². The Morgan fingerprint density at radius 3 is 2.07 bits per heavy atom. The first-order valence-electron chi connectivity index (χ1n) is 11.0. The van der Waals surface area contributed by atoms with Gasteiger partial charge in [0.2, 0.25) is 0 Å². The summed E-state index contributed by atoms with van der Waals surface area (Å²) in [6.07, 6.45) is 12.7. The van der Waals surface area contributed by atoms with Crippen LogP contribution in [0.2, 0.25) is 0 Å². The van der Waals surface area contributed by atoms with Gasteiger partial charge in [-0.3, -0.25) is 0 Å². The van der Waals surface area contributed by atoms with Crippen LogP contribution in [-0.2, 0) is 0 Å². The molecule has 2 aromatic heterocycles. The summed E-state index contributed by atoms with van der Waals surface area (Å²) in [6, 6.07) is 2.44. The normalized spacial score (nSPS) is 13.8. The standard InChI is InChI=1S/C24H39NS2/c1-6-11-13-19(8-3)16-25(17-20(9-4)14-12-7-2)23-15-22-24(27-23)21(10-5)18-26-22/h10,15,18-20H,5-9,11-14,16-17H2,1-4H3. The highest BCUT2D eigenvalue weighted by Crippen LogP contribution is 2.40. The minimum atomic E-state index is 0.813. The summed E-state index contributed by atoms with van der Waals surface area (Å²) in [5, 5.41) is 3.72. The van der Waals surface area contributed by atoms with Crippen LogP contribution in [0.5, 0.6) is 0 Å². The van der Waals surface area contributed by atoms with E-state index in [-0.39, 0.29) is 0 Å². The number of rotatable bonds is 14. The third kappa shape index (κ3) is 6.35. The number of thiophene rings is 2. The van der Waals surface area contributed by atoms with Crippen LogP contribution >= 0.6 is 22.7 Å². The van der Waals surface area contributed by atoms with Crippen molar-refractivity contribution in [2.75, 3.05) is 18.0 Å². The summed E-state index contributed by atoms with van der Waals surface area (Å²) >= 11 is 3.85. The molecule has 0 saturated carbocycles. The summed E-state index contributed by atoms with van der Waals surface area (Å²) in [5.74, 6) is 1.63. The van der Waals surface area contributed by atoms with E-state index in [4.69, 9.17) is 0 Å². The Bertz CT molecular complexity index is 651. The molecule has 2 aromatic rings. The van der Waals surface area contributed by atoms with Gasteiger partial charge < -0.3 is 4.90 Å². The van der Waals surface area contributed by atoms with Gasteiger partial charge >= 0.3 is 0 Å². The predicted molar refractivity (Wildman–Crippen MR) is 129 cm³/mol. The third-order valence-corrected chi connectivity index (χ3v) is 8.16. The number of nitrogens with zero attached hydrogens (tertiary/aromatic N) is 1. The average molecular weight is 406 g/mol. The van der Waals surface area contributed by atoms with Gasteiger partial charge in [0, 0.05) is 28.7 Å². The van der Waals surface area contributed by atoms with Crippen molar-refractivity contribution in [3.63, 3.8) is 0 Å². The van der Waals surface area contributed by atoms with E-state index >= 15 is 0 Å². The van der Waals surface area contributed by atoms with Gasteiger partial charge in [-0.05, 0) is 30.7 Å². The molecule has 0 aliphatic rings. The SMILES string of the molecule is C=Cc1csc2cc(N(CC(CC)CCCC)CC(CC)CCCC)sc12. The molecule has 2 heterocycles. The van der Waals surface area contributed by atoms with Crippen molar-refractivity contribution < 1.29 is 0 Å². The number of fused-ring (bicyclic) bond motifs is 1. The lowest BCUT2D eigenvalue weighted by Crippen LogP contribution is -2.33. The second-order valence-electron chi connectivity index (χ2n) is 7.91. The van der Waals surface area contributed by atoms with Crippen LogP contribution in [0.3, 0.4) is 0 Å². The zero-order valence-corrected chi connectivity index (χ0v) is 19.6. The maximum Gasteiger partial charge on any atom is 0.0929 e. The van der Waals surface area contributed by atoms with Crippen LogP contribution in [0.15, 0.2) is 18.0 Å². The molecular formula is C24H39NS2. The number of anilines is 1. The van der Waals surface area contributed by atoms with Gasteiger partial charge in [0.1, 0.15) is 0 Å². The highest BCUT2D eigenvalue weighted by molar-refractivity contribution is 7.29. The minimum absolute atomic E-state index is 0.813. The zero-order chi connectivity index (χ0) is 19.6. The van der Waals surface area contributed by atoms with E-state index in [1.807, 2.05) is 28.7 Å². The van der Waals surface area contributed by atoms with Gasteiger partial charge in [0.25, 0.3) is 0 Å². The van der Waals surface area contributed by atoms with E-state index in [1.54, 1.807) is 0 Å². The zero-order valence-electron chi connectivity index (χ0n) is 17.9. The molecule has 2 unspecified atom stereocenters. The average Bonchev–Trinajstić information content (AvgIpc) is 3.27. The van der Waals surface area contributed by atoms with E-state index in [1.165, 1.54) is 84.4 Å².